The molecule has 0 spiro atoms. The molecule has 0 fully saturated rings. The molecule has 0 aromatic rings. The van der Waals surface area contributed by atoms with Crippen LogP contribution in [-0.2, 0) is 114 Å². The molecule has 0 aliphatic rings. The number of rotatable bonds is 41. The van der Waals surface area contributed by atoms with E-state index in [9.17, 15) is 4.79 Å². The SMILES string of the molecule is CCCOC(=O)C(CCC[Si](O[Si](OC)(OC)OC)(O[Si](OC)(OC)OC)O[Si](OC)(OC)OC)CCC[Si](O[Si](OC)(OC)OC)(O[Si](OC)(OC)OC)O[Si](OC)(OC)OC. The van der Waals surface area contributed by atoms with Gasteiger partial charge in [-0.05, 0) is 32.1 Å². The van der Waals surface area contributed by atoms with Crippen LogP contribution in [0.3, 0.4) is 0 Å². The van der Waals surface area contributed by atoms with Crippen LogP contribution in [0.5, 0.6) is 0 Å². The van der Waals surface area contributed by atoms with Crippen LogP contribution in [0.1, 0.15) is 39.0 Å². The highest BCUT2D eigenvalue weighted by Gasteiger charge is 2.68. The van der Waals surface area contributed by atoms with Crippen molar-refractivity contribution >= 4 is 77.9 Å². The molecule has 0 rings (SSSR count). The molecule has 26 nitrogen and oxygen atoms in total. The molecule has 0 aliphatic heterocycles. The molecule has 0 atom stereocenters. The quantitative estimate of drug-likeness (QED) is 0.0619. The fraction of sp³-hybridized carbons (Fsp3) is 0.966. The number of hydrogen-bond donors (Lipinski definition) is 0. The Hall–Kier alpha value is 0.245. The zero-order valence-electron chi connectivity index (χ0n) is 40.3. The molecule has 34 heteroatoms. The molecule has 0 N–H and O–H groups in total. The van der Waals surface area contributed by atoms with Crippen LogP contribution in [0, 0.1) is 5.92 Å². The van der Waals surface area contributed by atoms with Crippen molar-refractivity contribution in [3.63, 3.8) is 0 Å². The van der Waals surface area contributed by atoms with E-state index < -0.39 is 83.8 Å². The molecule has 0 saturated carbocycles. The number of hydrogen-bond acceptors (Lipinski definition) is 26. The second-order valence-corrected chi connectivity index (χ2v) is 34.3. The van der Waals surface area contributed by atoms with Crippen molar-refractivity contribution in [2.45, 2.75) is 51.1 Å². The van der Waals surface area contributed by atoms with E-state index in [2.05, 4.69) is 0 Å². The van der Waals surface area contributed by atoms with Gasteiger partial charge in [0.15, 0.2) is 0 Å². The Kier molecular flexibility index (Phi) is 30.8. The number of carbonyl (C=O) groups is 1. The maximum absolute atomic E-state index is 13.9. The highest BCUT2D eigenvalue weighted by atomic mass is 28.5. The molecule has 0 bridgehead atoms. The Labute approximate surface area is 382 Å². The summed E-state index contributed by atoms with van der Waals surface area (Å²) in [5.41, 5.74) is 0. The molecule has 0 unspecified atom stereocenters. The van der Waals surface area contributed by atoms with Crippen LogP contribution < -0.4 is 0 Å². The van der Waals surface area contributed by atoms with E-state index in [0.29, 0.717) is 6.42 Å². The van der Waals surface area contributed by atoms with E-state index in [1.54, 1.807) is 0 Å². The van der Waals surface area contributed by atoms with E-state index in [0.717, 1.165) is 0 Å². The van der Waals surface area contributed by atoms with Gasteiger partial charge in [0.2, 0.25) is 0 Å². The highest BCUT2D eigenvalue weighted by molar-refractivity contribution is 6.83. The standard InChI is InChI=1S/C29H74O26Si8/c1-20-25-49-29(30)28(23-21-26-56(50-58(31-2,32-3)33-4,51-59(34-5,35-6)36-7)52-60(37-8,38-9)39-10)24-22-27-57(53-61(40-11,41-12)42-13,54-62(43-14,44-15)45-16)55-63(46-17,47-18)48-19/h28H,20-27H2,1-19H3. The smallest absolute Gasteiger partial charge is 0.465 e. The van der Waals surface area contributed by atoms with Crippen LogP contribution in [0.25, 0.3) is 0 Å². The highest BCUT2D eigenvalue weighted by Crippen LogP contribution is 2.36. The van der Waals surface area contributed by atoms with Crippen molar-refractivity contribution in [3.05, 3.63) is 0 Å². The Morgan fingerprint density at radius 1 is 0.349 bits per heavy atom. The first-order valence-corrected chi connectivity index (χ1v) is 32.9. The summed E-state index contributed by atoms with van der Waals surface area (Å²) >= 11 is 0. The summed E-state index contributed by atoms with van der Waals surface area (Å²) in [6.07, 6.45) is 1.18. The van der Waals surface area contributed by atoms with Gasteiger partial charge in [0.1, 0.15) is 0 Å². The molecular formula is C29H74O26Si8. The Balaban J connectivity index is 7.61. The third-order valence-electron chi connectivity index (χ3n) is 9.04. The number of carbonyl (C=O) groups excluding carboxylic acids is 1. The van der Waals surface area contributed by atoms with E-state index in [1.165, 1.54) is 128 Å². The van der Waals surface area contributed by atoms with Crippen molar-refractivity contribution in [1.29, 1.82) is 0 Å². The van der Waals surface area contributed by atoms with Gasteiger partial charge in [-0.1, -0.05) is 6.92 Å². The van der Waals surface area contributed by atoms with Gasteiger partial charge < -0.3 is 109 Å². The normalized spacial score (nSPS) is 14.0. The minimum Gasteiger partial charge on any atom is -0.465 e. The van der Waals surface area contributed by atoms with Gasteiger partial charge in [-0.3, -0.25) is 4.79 Å². The number of esters is 1. The zero-order valence-corrected chi connectivity index (χ0v) is 48.3. The average molecular weight is 1060 g/mol. The minimum atomic E-state index is -4.45. The second kappa shape index (κ2) is 30.7. The first-order chi connectivity index (χ1) is 29.9. The summed E-state index contributed by atoms with van der Waals surface area (Å²) in [5, 5.41) is 0. The largest absolute Gasteiger partial charge is 0.671 e. The number of ether oxygens (including phenoxy) is 1. The van der Waals surface area contributed by atoms with Crippen molar-refractivity contribution in [2.75, 3.05) is 135 Å². The lowest BCUT2D eigenvalue weighted by atomic mass is 9.98. The molecule has 0 heterocycles. The lowest BCUT2D eigenvalue weighted by Gasteiger charge is -2.41. The van der Waals surface area contributed by atoms with Crippen LogP contribution in [0.15, 0.2) is 0 Å². The van der Waals surface area contributed by atoms with Crippen molar-refractivity contribution in [1.82, 2.24) is 0 Å². The predicted molar refractivity (Wildman–Crippen MR) is 232 cm³/mol. The summed E-state index contributed by atoms with van der Waals surface area (Å²) in [4.78, 5) is 13.9. The van der Waals surface area contributed by atoms with Gasteiger partial charge in [0.05, 0.1) is 12.5 Å². The Morgan fingerprint density at radius 3 is 0.698 bits per heavy atom. The van der Waals surface area contributed by atoms with Gasteiger partial charge in [-0.15, -0.1) is 0 Å². The predicted octanol–water partition coefficient (Wildman–Crippen LogP) is 1.34. The summed E-state index contributed by atoms with van der Waals surface area (Å²) in [6, 6.07) is -0.175. The van der Waals surface area contributed by atoms with Crippen molar-refractivity contribution < 1.29 is 114 Å². The van der Waals surface area contributed by atoms with Gasteiger partial charge in [0.25, 0.3) is 0 Å². The topological polar surface area (TPSA) is 248 Å². The van der Waals surface area contributed by atoms with E-state index in [1.807, 2.05) is 6.92 Å². The average Bonchev–Trinajstić information content (AvgIpc) is 3.33. The first-order valence-electron chi connectivity index (χ1n) is 19.2. The molecular weight excluding hydrogens is 989 g/mol. The van der Waals surface area contributed by atoms with Crippen molar-refractivity contribution in [2.24, 2.45) is 5.92 Å². The Bertz CT molecular complexity index is 974. The fourth-order valence-electron chi connectivity index (χ4n) is 5.65. The maximum atomic E-state index is 13.9. The minimum absolute atomic E-state index is 0.0873. The summed E-state index contributed by atoms with van der Waals surface area (Å²) in [5.74, 6) is -1.29. The van der Waals surface area contributed by atoms with Gasteiger partial charge in [-0.25, -0.2) is 0 Å². The first kappa shape index (κ1) is 63.2. The van der Waals surface area contributed by atoms with E-state index in [-0.39, 0.29) is 44.4 Å². The van der Waals surface area contributed by atoms with Gasteiger partial charge >= 0.3 is 77.9 Å². The molecule has 0 amide bonds. The summed E-state index contributed by atoms with van der Waals surface area (Å²) in [6.45, 7) is 2.03. The van der Waals surface area contributed by atoms with Crippen LogP contribution >= 0.6 is 0 Å². The molecule has 0 aromatic heterocycles. The molecule has 0 aromatic carbocycles. The second-order valence-electron chi connectivity index (χ2n) is 12.3. The lowest BCUT2D eigenvalue weighted by Crippen LogP contribution is -2.69. The van der Waals surface area contributed by atoms with Crippen LogP contribution in [0.2, 0.25) is 12.1 Å². The van der Waals surface area contributed by atoms with E-state index in [4.69, 9.17) is 109 Å². The molecule has 378 valence electrons. The monoisotopic (exact) mass is 1060 g/mol. The van der Waals surface area contributed by atoms with Gasteiger partial charge in [-0.2, -0.15) is 0 Å². The lowest BCUT2D eigenvalue weighted by molar-refractivity contribution is -0.149. The third kappa shape index (κ3) is 17.9. The molecule has 0 radical (unpaired) electrons. The Morgan fingerprint density at radius 2 is 0.540 bits per heavy atom. The van der Waals surface area contributed by atoms with Crippen LogP contribution in [0.4, 0.5) is 0 Å². The third-order valence-corrected chi connectivity index (χ3v) is 33.4. The molecule has 63 heavy (non-hydrogen) atoms. The van der Waals surface area contributed by atoms with E-state index >= 15 is 0 Å². The summed E-state index contributed by atoms with van der Waals surface area (Å²) < 4.78 is 147. The fourth-order valence-corrected chi connectivity index (χ4v) is 30.8. The summed E-state index contributed by atoms with van der Waals surface area (Å²) in [7, 11) is -9.38. The van der Waals surface area contributed by atoms with Crippen LogP contribution in [-0.4, -0.2) is 212 Å². The zero-order chi connectivity index (χ0) is 48.5. The van der Waals surface area contributed by atoms with Crippen molar-refractivity contribution in [3.8, 4) is 0 Å². The molecule has 0 aliphatic carbocycles. The van der Waals surface area contributed by atoms with Gasteiger partial charge in [0, 0.05) is 140 Å². The maximum Gasteiger partial charge on any atom is 0.671 e. The molecule has 0 saturated heterocycles.